The number of carbonyl (C=O) groups excluding carboxylic acids is 4. The summed E-state index contributed by atoms with van der Waals surface area (Å²) >= 11 is 0. The van der Waals surface area contributed by atoms with Gasteiger partial charge in [0.25, 0.3) is 0 Å². The van der Waals surface area contributed by atoms with Crippen molar-refractivity contribution in [3.63, 3.8) is 0 Å². The Kier molecular flexibility index (Phi) is 1.60. The second-order valence-corrected chi connectivity index (χ2v) is 5.35. The van der Waals surface area contributed by atoms with Crippen molar-refractivity contribution >= 4 is 23.6 Å². The predicted octanol–water partition coefficient (Wildman–Crippen LogP) is -1.42. The number of rotatable bonds is 0. The molecule has 0 aromatic heterocycles. The molecule has 2 N–H and O–H groups in total. The van der Waals surface area contributed by atoms with Crippen molar-refractivity contribution in [2.45, 2.75) is 0 Å². The zero-order valence-electron chi connectivity index (χ0n) is 9.25. The third-order valence-corrected chi connectivity index (χ3v) is 4.69. The van der Waals surface area contributed by atoms with E-state index in [-0.39, 0.29) is 35.5 Å². The van der Waals surface area contributed by atoms with Crippen molar-refractivity contribution in [2.75, 3.05) is 0 Å². The zero-order valence-corrected chi connectivity index (χ0v) is 9.25. The first-order valence-corrected chi connectivity index (χ1v) is 5.97. The van der Waals surface area contributed by atoms with Gasteiger partial charge < -0.3 is 0 Å². The van der Waals surface area contributed by atoms with Gasteiger partial charge in [-0.2, -0.15) is 0 Å². The van der Waals surface area contributed by atoms with E-state index in [9.17, 15) is 19.2 Å². The minimum atomic E-state index is -0.481. The summed E-state index contributed by atoms with van der Waals surface area (Å²) in [5, 5.41) is 4.64. The summed E-state index contributed by atoms with van der Waals surface area (Å²) in [4.78, 5) is 47.2. The molecule has 3 aliphatic carbocycles. The van der Waals surface area contributed by atoms with Crippen LogP contribution >= 0.6 is 0 Å². The Labute approximate surface area is 102 Å². The minimum Gasteiger partial charge on any atom is -0.296 e. The average molecular weight is 246 g/mol. The molecule has 2 heterocycles. The maximum Gasteiger partial charge on any atom is 0.231 e. The van der Waals surface area contributed by atoms with Crippen LogP contribution in [0.3, 0.4) is 0 Å². The van der Waals surface area contributed by atoms with Gasteiger partial charge in [0.15, 0.2) is 0 Å². The first-order chi connectivity index (χ1) is 8.59. The van der Waals surface area contributed by atoms with E-state index in [1.165, 1.54) is 0 Å². The van der Waals surface area contributed by atoms with Crippen molar-refractivity contribution in [1.29, 1.82) is 0 Å². The minimum absolute atomic E-state index is 0.310. The molecule has 3 fully saturated rings. The quantitative estimate of drug-likeness (QED) is 0.405. The van der Waals surface area contributed by atoms with Gasteiger partial charge in [-0.3, -0.25) is 29.8 Å². The van der Waals surface area contributed by atoms with Gasteiger partial charge in [-0.25, -0.2) is 0 Å². The van der Waals surface area contributed by atoms with Crippen molar-refractivity contribution in [3.8, 4) is 0 Å². The first kappa shape index (κ1) is 9.99. The van der Waals surface area contributed by atoms with Crippen LogP contribution in [-0.2, 0) is 19.2 Å². The number of hydrogen-bond donors (Lipinski definition) is 2. The Morgan fingerprint density at radius 3 is 1.17 bits per heavy atom. The molecule has 6 nitrogen and oxygen atoms in total. The van der Waals surface area contributed by atoms with Gasteiger partial charge in [-0.1, -0.05) is 12.2 Å². The van der Waals surface area contributed by atoms with Gasteiger partial charge in [0.2, 0.25) is 23.6 Å². The zero-order chi connectivity index (χ0) is 12.6. The van der Waals surface area contributed by atoms with Gasteiger partial charge >= 0.3 is 0 Å². The molecule has 5 aliphatic rings. The lowest BCUT2D eigenvalue weighted by Gasteiger charge is -2.44. The first-order valence-electron chi connectivity index (χ1n) is 5.97. The molecule has 0 radical (unpaired) electrons. The van der Waals surface area contributed by atoms with E-state index in [2.05, 4.69) is 10.6 Å². The third kappa shape index (κ3) is 0.913. The standard InChI is InChI=1S/C12H10N2O4/c15-9-5-3-1-2-4(7(5)11(17)13-9)8-6(3)10(16)14-12(8)18/h1-8H,(H,13,15,17)(H,14,16,18)/t3?,4?,5-,6-,7-,8+/m1/s1. The van der Waals surface area contributed by atoms with Crippen molar-refractivity contribution in [3.05, 3.63) is 12.2 Å². The van der Waals surface area contributed by atoms with Gasteiger partial charge in [0.05, 0.1) is 23.7 Å². The molecular formula is C12H10N2O4. The highest BCUT2D eigenvalue weighted by Crippen LogP contribution is 2.54. The SMILES string of the molecule is O=C1NC(=O)[C@@H]2C3C=CC([C@@H]12)[C@H]1C(=O)NC(=O)[C@@H]31. The monoisotopic (exact) mass is 246 g/mol. The van der Waals surface area contributed by atoms with Gasteiger partial charge in [0, 0.05) is 11.8 Å². The molecule has 2 unspecified atom stereocenters. The summed E-state index contributed by atoms with van der Waals surface area (Å²) in [6.45, 7) is 0. The molecule has 0 aromatic carbocycles. The smallest absolute Gasteiger partial charge is 0.231 e. The van der Waals surface area contributed by atoms with Crippen LogP contribution in [0.2, 0.25) is 0 Å². The van der Waals surface area contributed by atoms with E-state index < -0.39 is 23.7 Å². The number of carbonyl (C=O) groups is 4. The van der Waals surface area contributed by atoms with E-state index in [1.807, 2.05) is 12.2 Å². The summed E-state index contributed by atoms with van der Waals surface area (Å²) in [5.74, 6) is -3.83. The Morgan fingerprint density at radius 1 is 0.611 bits per heavy atom. The summed E-state index contributed by atoms with van der Waals surface area (Å²) in [6.07, 6.45) is 3.65. The molecule has 2 bridgehead atoms. The molecule has 2 saturated heterocycles. The van der Waals surface area contributed by atoms with Crippen LogP contribution < -0.4 is 10.6 Å². The van der Waals surface area contributed by atoms with E-state index in [0.717, 1.165) is 0 Å². The second kappa shape index (κ2) is 2.88. The van der Waals surface area contributed by atoms with E-state index >= 15 is 0 Å². The predicted molar refractivity (Wildman–Crippen MR) is 56.4 cm³/mol. The molecule has 2 aliphatic heterocycles. The molecule has 6 atom stereocenters. The Bertz CT molecular complexity index is 464. The lowest BCUT2D eigenvalue weighted by molar-refractivity contribution is -0.137. The molecule has 4 amide bonds. The van der Waals surface area contributed by atoms with Gasteiger partial charge in [0.1, 0.15) is 0 Å². The van der Waals surface area contributed by atoms with E-state index in [1.54, 1.807) is 0 Å². The van der Waals surface area contributed by atoms with Gasteiger partial charge in [-0.15, -0.1) is 0 Å². The summed E-state index contributed by atoms with van der Waals surface area (Å²) in [6, 6.07) is 0. The normalized spacial score (nSPS) is 48.0. The van der Waals surface area contributed by atoms with Crippen LogP contribution in [0.15, 0.2) is 12.2 Å². The lowest BCUT2D eigenvalue weighted by atomic mass is 9.54. The maximum absolute atomic E-state index is 11.8. The Morgan fingerprint density at radius 2 is 0.889 bits per heavy atom. The fourth-order valence-electron chi connectivity index (χ4n) is 4.07. The van der Waals surface area contributed by atoms with Gasteiger partial charge in [-0.05, 0) is 0 Å². The highest BCUT2D eigenvalue weighted by molar-refractivity contribution is 6.10. The fraction of sp³-hybridized carbons (Fsp3) is 0.500. The molecule has 18 heavy (non-hydrogen) atoms. The molecule has 1 saturated carbocycles. The van der Waals surface area contributed by atoms with Crippen LogP contribution in [0, 0.1) is 35.5 Å². The molecule has 0 spiro atoms. The third-order valence-electron chi connectivity index (χ3n) is 4.69. The number of hydrogen-bond acceptors (Lipinski definition) is 4. The number of imide groups is 2. The topological polar surface area (TPSA) is 92.3 Å². The van der Waals surface area contributed by atoms with E-state index in [0.29, 0.717) is 0 Å². The number of nitrogens with one attached hydrogen (secondary N) is 2. The Balaban J connectivity index is 1.88. The molecule has 6 heteroatoms. The molecule has 0 aromatic rings. The highest BCUT2D eigenvalue weighted by Gasteiger charge is 2.65. The number of amides is 4. The summed E-state index contributed by atoms with van der Waals surface area (Å²) in [7, 11) is 0. The van der Waals surface area contributed by atoms with E-state index in [4.69, 9.17) is 0 Å². The summed E-state index contributed by atoms with van der Waals surface area (Å²) in [5.41, 5.74) is 0. The molecular weight excluding hydrogens is 236 g/mol. The van der Waals surface area contributed by atoms with Crippen LogP contribution in [0.1, 0.15) is 0 Å². The van der Waals surface area contributed by atoms with Crippen LogP contribution in [0.5, 0.6) is 0 Å². The largest absolute Gasteiger partial charge is 0.296 e. The van der Waals surface area contributed by atoms with Crippen LogP contribution in [0.25, 0.3) is 0 Å². The van der Waals surface area contributed by atoms with Crippen molar-refractivity contribution in [2.24, 2.45) is 35.5 Å². The maximum atomic E-state index is 11.8. The number of allylic oxidation sites excluding steroid dienone is 2. The fourth-order valence-corrected chi connectivity index (χ4v) is 4.07. The van der Waals surface area contributed by atoms with Crippen LogP contribution in [-0.4, -0.2) is 23.6 Å². The van der Waals surface area contributed by atoms with Crippen molar-refractivity contribution < 1.29 is 19.2 Å². The second-order valence-electron chi connectivity index (χ2n) is 5.35. The highest BCUT2D eigenvalue weighted by atomic mass is 16.2. The Hall–Kier alpha value is -1.98. The average Bonchev–Trinajstić information content (AvgIpc) is 2.81. The molecule has 5 rings (SSSR count). The summed E-state index contributed by atoms with van der Waals surface area (Å²) < 4.78 is 0. The van der Waals surface area contributed by atoms with Crippen molar-refractivity contribution in [1.82, 2.24) is 10.6 Å². The lowest BCUT2D eigenvalue weighted by Crippen LogP contribution is -2.50. The van der Waals surface area contributed by atoms with Crippen LogP contribution in [0.4, 0.5) is 0 Å². The molecule has 92 valence electrons.